The number of aliphatic hydroxyl groups excluding tert-OH is 2. The van der Waals surface area contributed by atoms with Crippen LogP contribution in [0.15, 0.2) is 23.4 Å². The lowest BCUT2D eigenvalue weighted by molar-refractivity contribution is 0.121. The van der Waals surface area contributed by atoms with E-state index in [0.717, 1.165) is 0 Å². The third kappa shape index (κ3) is 2.59. The van der Waals surface area contributed by atoms with Gasteiger partial charge in [0.25, 0.3) is 10.0 Å². The van der Waals surface area contributed by atoms with E-state index in [0.29, 0.717) is 11.0 Å². The second kappa shape index (κ2) is 4.85. The number of H-pyrrole nitrogens is 1. The van der Waals surface area contributed by atoms with Crippen molar-refractivity contribution in [2.75, 3.05) is 13.2 Å². The first-order valence-corrected chi connectivity index (χ1v) is 6.95. The highest BCUT2D eigenvalue weighted by atomic mass is 32.2. The molecule has 0 saturated carbocycles. The Kier molecular flexibility index (Phi) is 3.54. The standard InChI is InChI=1S/C10H14N4O4S/c1-10(5-15,6-16)14-19(17,18)9-7-3-2-4-11-8(7)12-13-9/h2-4,14-16H,5-6H2,1H3,(H,11,12,13). The van der Waals surface area contributed by atoms with Crippen LogP contribution in [0.1, 0.15) is 6.92 Å². The number of pyridine rings is 1. The molecule has 0 aliphatic rings. The lowest BCUT2D eigenvalue weighted by atomic mass is 10.1. The SMILES string of the molecule is CC(CO)(CO)NS(=O)(=O)c1n[nH]c2ncccc12. The van der Waals surface area contributed by atoms with Gasteiger partial charge in [-0.15, -0.1) is 0 Å². The molecule has 0 fully saturated rings. The number of nitrogens with one attached hydrogen (secondary N) is 2. The molecule has 9 heteroatoms. The summed E-state index contributed by atoms with van der Waals surface area (Å²) in [6.07, 6.45) is 1.51. The van der Waals surface area contributed by atoms with Crippen molar-refractivity contribution in [3.63, 3.8) is 0 Å². The summed E-state index contributed by atoms with van der Waals surface area (Å²) in [5.41, 5.74) is -1.01. The Labute approximate surface area is 109 Å². The fourth-order valence-corrected chi connectivity index (χ4v) is 3.02. The largest absolute Gasteiger partial charge is 0.394 e. The molecule has 2 rings (SSSR count). The Morgan fingerprint density at radius 3 is 2.74 bits per heavy atom. The van der Waals surface area contributed by atoms with E-state index >= 15 is 0 Å². The number of hydrogen-bond acceptors (Lipinski definition) is 6. The van der Waals surface area contributed by atoms with Crippen molar-refractivity contribution in [1.29, 1.82) is 0 Å². The summed E-state index contributed by atoms with van der Waals surface area (Å²) in [6.45, 7) is 0.310. The predicted molar refractivity (Wildman–Crippen MR) is 66.8 cm³/mol. The highest BCUT2D eigenvalue weighted by Gasteiger charge is 2.32. The molecule has 0 saturated heterocycles. The minimum atomic E-state index is -3.98. The van der Waals surface area contributed by atoms with Crippen molar-refractivity contribution >= 4 is 21.1 Å². The quantitative estimate of drug-likeness (QED) is 0.557. The molecule has 0 aliphatic carbocycles. The number of fused-ring (bicyclic) bond motifs is 1. The van der Waals surface area contributed by atoms with E-state index < -0.39 is 28.8 Å². The number of rotatable bonds is 5. The van der Waals surface area contributed by atoms with Gasteiger partial charge in [-0.1, -0.05) is 0 Å². The number of hydrogen-bond donors (Lipinski definition) is 4. The molecule has 2 heterocycles. The van der Waals surface area contributed by atoms with Crippen molar-refractivity contribution in [2.24, 2.45) is 0 Å². The van der Waals surface area contributed by atoms with Gasteiger partial charge in [-0.25, -0.2) is 13.4 Å². The molecule has 2 aromatic heterocycles. The molecular formula is C10H14N4O4S. The van der Waals surface area contributed by atoms with Crippen LogP contribution in [0, 0.1) is 0 Å². The molecule has 2 aromatic rings. The first-order valence-electron chi connectivity index (χ1n) is 5.47. The van der Waals surface area contributed by atoms with Crippen LogP contribution in [-0.2, 0) is 10.0 Å². The summed E-state index contributed by atoms with van der Waals surface area (Å²) in [7, 11) is -3.98. The second-order valence-electron chi connectivity index (χ2n) is 4.41. The second-order valence-corrected chi connectivity index (χ2v) is 6.01. The van der Waals surface area contributed by atoms with Crippen LogP contribution in [0.2, 0.25) is 0 Å². The lowest BCUT2D eigenvalue weighted by Gasteiger charge is -2.25. The van der Waals surface area contributed by atoms with E-state index in [-0.39, 0.29) is 5.03 Å². The average Bonchev–Trinajstić information content (AvgIpc) is 2.82. The zero-order valence-electron chi connectivity index (χ0n) is 10.2. The Bertz CT molecular complexity index is 678. The Balaban J connectivity index is 2.45. The van der Waals surface area contributed by atoms with Crippen LogP contribution < -0.4 is 4.72 Å². The topological polar surface area (TPSA) is 128 Å². The Hall–Kier alpha value is -1.55. The predicted octanol–water partition coefficient (Wildman–Crippen LogP) is -1.02. The van der Waals surface area contributed by atoms with Crippen LogP contribution in [0.3, 0.4) is 0 Å². The van der Waals surface area contributed by atoms with Crippen LogP contribution >= 0.6 is 0 Å². The molecule has 0 radical (unpaired) electrons. The van der Waals surface area contributed by atoms with Gasteiger partial charge in [0.15, 0.2) is 5.65 Å². The zero-order chi connectivity index (χ0) is 14.1. The lowest BCUT2D eigenvalue weighted by Crippen LogP contribution is -2.51. The molecule has 0 spiro atoms. The number of aromatic nitrogens is 3. The van der Waals surface area contributed by atoms with Gasteiger partial charge in [-0.2, -0.15) is 9.82 Å². The first-order chi connectivity index (χ1) is 8.92. The normalized spacial score (nSPS) is 13.0. The summed E-state index contributed by atoms with van der Waals surface area (Å²) in [6, 6.07) is 3.16. The molecule has 8 nitrogen and oxygen atoms in total. The molecule has 0 atom stereocenters. The van der Waals surface area contributed by atoms with Gasteiger partial charge in [0.05, 0.1) is 24.1 Å². The van der Waals surface area contributed by atoms with E-state index in [4.69, 9.17) is 10.2 Å². The number of nitrogens with zero attached hydrogens (tertiary/aromatic N) is 2. The fraction of sp³-hybridized carbons (Fsp3) is 0.400. The number of sulfonamides is 1. The molecule has 4 N–H and O–H groups in total. The van der Waals surface area contributed by atoms with Crippen molar-refractivity contribution in [3.8, 4) is 0 Å². The molecular weight excluding hydrogens is 272 g/mol. The average molecular weight is 286 g/mol. The highest BCUT2D eigenvalue weighted by Crippen LogP contribution is 2.19. The summed E-state index contributed by atoms with van der Waals surface area (Å²) >= 11 is 0. The van der Waals surface area contributed by atoms with Gasteiger partial charge < -0.3 is 10.2 Å². The molecule has 0 bridgehead atoms. The van der Waals surface area contributed by atoms with E-state index in [9.17, 15) is 8.42 Å². The van der Waals surface area contributed by atoms with Crippen molar-refractivity contribution in [1.82, 2.24) is 19.9 Å². The van der Waals surface area contributed by atoms with Crippen LogP contribution in [0.4, 0.5) is 0 Å². The molecule has 0 aliphatic heterocycles. The maximum atomic E-state index is 12.2. The molecule has 0 amide bonds. The molecule has 0 aromatic carbocycles. The van der Waals surface area contributed by atoms with Gasteiger partial charge >= 0.3 is 0 Å². The zero-order valence-corrected chi connectivity index (χ0v) is 11.0. The first kappa shape index (κ1) is 13.9. The number of aromatic amines is 1. The maximum absolute atomic E-state index is 12.2. The molecule has 0 unspecified atom stereocenters. The summed E-state index contributed by atoms with van der Waals surface area (Å²) < 4.78 is 26.6. The smallest absolute Gasteiger partial charge is 0.261 e. The van der Waals surface area contributed by atoms with E-state index in [1.807, 2.05) is 0 Å². The highest BCUT2D eigenvalue weighted by molar-refractivity contribution is 7.89. The Morgan fingerprint density at radius 2 is 2.11 bits per heavy atom. The maximum Gasteiger partial charge on any atom is 0.261 e. The monoisotopic (exact) mass is 286 g/mol. The third-order valence-corrected chi connectivity index (χ3v) is 4.22. The molecule has 19 heavy (non-hydrogen) atoms. The van der Waals surface area contributed by atoms with Crippen molar-refractivity contribution in [3.05, 3.63) is 18.3 Å². The van der Waals surface area contributed by atoms with Crippen molar-refractivity contribution < 1.29 is 18.6 Å². The van der Waals surface area contributed by atoms with Gasteiger partial charge in [0.2, 0.25) is 5.03 Å². The van der Waals surface area contributed by atoms with Gasteiger partial charge in [0, 0.05) is 6.20 Å². The van der Waals surface area contributed by atoms with E-state index in [2.05, 4.69) is 19.9 Å². The van der Waals surface area contributed by atoms with Gasteiger partial charge in [-0.05, 0) is 19.1 Å². The minimum absolute atomic E-state index is 0.219. The van der Waals surface area contributed by atoms with Crippen LogP contribution in [-0.4, -0.2) is 52.6 Å². The minimum Gasteiger partial charge on any atom is -0.394 e. The summed E-state index contributed by atoms with van der Waals surface area (Å²) in [4.78, 5) is 3.94. The summed E-state index contributed by atoms with van der Waals surface area (Å²) in [5, 5.41) is 24.6. The van der Waals surface area contributed by atoms with Gasteiger partial charge in [-0.3, -0.25) is 5.10 Å². The fourth-order valence-electron chi connectivity index (χ4n) is 1.52. The van der Waals surface area contributed by atoms with Gasteiger partial charge in [0.1, 0.15) is 0 Å². The summed E-state index contributed by atoms with van der Waals surface area (Å²) in [5.74, 6) is 0. The Morgan fingerprint density at radius 1 is 1.42 bits per heavy atom. The van der Waals surface area contributed by atoms with Crippen LogP contribution in [0.25, 0.3) is 11.0 Å². The van der Waals surface area contributed by atoms with E-state index in [1.54, 1.807) is 12.1 Å². The third-order valence-electron chi connectivity index (χ3n) is 2.63. The van der Waals surface area contributed by atoms with Crippen LogP contribution in [0.5, 0.6) is 0 Å². The van der Waals surface area contributed by atoms with E-state index in [1.165, 1.54) is 13.1 Å². The number of aliphatic hydroxyl groups is 2. The molecule has 104 valence electrons. The van der Waals surface area contributed by atoms with Crippen molar-refractivity contribution in [2.45, 2.75) is 17.5 Å².